The van der Waals surface area contributed by atoms with Gasteiger partial charge in [0.05, 0.1) is 6.61 Å². The highest BCUT2D eigenvalue weighted by Crippen LogP contribution is 2.35. The number of hydrogen-bond donors (Lipinski definition) is 0. The van der Waals surface area contributed by atoms with E-state index in [-0.39, 0.29) is 5.97 Å². The Bertz CT molecular complexity index is 720. The highest BCUT2D eigenvalue weighted by Gasteiger charge is 2.16. The molecule has 2 aromatic carbocycles. The molecule has 0 heterocycles. The zero-order chi connectivity index (χ0) is 16.1. The molecular formula is C20H20O2S. The van der Waals surface area contributed by atoms with Crippen LogP contribution >= 0.6 is 11.8 Å². The van der Waals surface area contributed by atoms with E-state index < -0.39 is 0 Å². The van der Waals surface area contributed by atoms with Crippen molar-refractivity contribution in [3.8, 4) is 0 Å². The van der Waals surface area contributed by atoms with E-state index in [1.165, 1.54) is 20.9 Å². The lowest BCUT2D eigenvalue weighted by atomic mass is 9.87. The third-order valence-electron chi connectivity index (χ3n) is 3.87. The lowest BCUT2D eigenvalue weighted by Gasteiger charge is -2.19. The third kappa shape index (κ3) is 4.05. The van der Waals surface area contributed by atoms with E-state index in [4.69, 9.17) is 4.74 Å². The van der Waals surface area contributed by atoms with Gasteiger partial charge in [0.15, 0.2) is 0 Å². The summed E-state index contributed by atoms with van der Waals surface area (Å²) in [6, 6.07) is 16.9. The molecule has 3 rings (SSSR count). The highest BCUT2D eigenvalue weighted by atomic mass is 32.2. The Labute approximate surface area is 141 Å². The number of ether oxygens (including phenoxy) is 1. The molecule has 0 saturated heterocycles. The van der Waals surface area contributed by atoms with E-state index in [1.807, 2.05) is 13.0 Å². The number of carbonyl (C=O) groups is 1. The predicted octanol–water partition coefficient (Wildman–Crippen LogP) is 5.12. The van der Waals surface area contributed by atoms with Crippen molar-refractivity contribution >= 4 is 23.3 Å². The Kier molecular flexibility index (Phi) is 5.19. The first-order chi connectivity index (χ1) is 11.3. The fraction of sp³-hybridized carbons (Fsp3) is 0.250. The minimum Gasteiger partial charge on any atom is -0.463 e. The first-order valence-corrected chi connectivity index (χ1v) is 8.81. The van der Waals surface area contributed by atoms with Gasteiger partial charge in [-0.15, -0.1) is 0 Å². The van der Waals surface area contributed by atoms with Crippen molar-refractivity contribution in [2.24, 2.45) is 0 Å². The molecule has 0 amide bonds. The van der Waals surface area contributed by atoms with Crippen LogP contribution in [0.3, 0.4) is 0 Å². The van der Waals surface area contributed by atoms with Crippen LogP contribution in [0.15, 0.2) is 64.4 Å². The summed E-state index contributed by atoms with van der Waals surface area (Å²) in [7, 11) is 0. The van der Waals surface area contributed by atoms with E-state index in [1.54, 1.807) is 17.8 Å². The summed E-state index contributed by atoms with van der Waals surface area (Å²) in [6.07, 6.45) is 4.75. The minimum absolute atomic E-state index is 0.238. The van der Waals surface area contributed by atoms with Crippen LogP contribution in [0.5, 0.6) is 0 Å². The first kappa shape index (κ1) is 15.9. The molecule has 0 atom stereocenters. The Morgan fingerprint density at radius 3 is 2.74 bits per heavy atom. The Hall–Kier alpha value is -2.00. The molecule has 3 heteroatoms. The summed E-state index contributed by atoms with van der Waals surface area (Å²) in [6.45, 7) is 2.25. The van der Waals surface area contributed by atoms with Gasteiger partial charge in [-0.1, -0.05) is 36.0 Å². The molecular weight excluding hydrogens is 304 g/mol. The monoisotopic (exact) mass is 324 g/mol. The smallest absolute Gasteiger partial charge is 0.331 e. The van der Waals surface area contributed by atoms with Crippen molar-refractivity contribution in [1.82, 2.24) is 0 Å². The van der Waals surface area contributed by atoms with Crippen LogP contribution in [0.1, 0.15) is 30.9 Å². The maximum Gasteiger partial charge on any atom is 0.331 e. The summed E-state index contributed by atoms with van der Waals surface area (Å²) < 4.78 is 5.04. The number of esters is 1. The van der Waals surface area contributed by atoms with Gasteiger partial charge in [0.25, 0.3) is 0 Å². The van der Waals surface area contributed by atoms with Gasteiger partial charge >= 0.3 is 5.97 Å². The Balaban J connectivity index is 1.84. The number of carbonyl (C=O) groups excluding carboxylic acids is 1. The van der Waals surface area contributed by atoms with Gasteiger partial charge in [0, 0.05) is 15.9 Å². The van der Waals surface area contributed by atoms with Gasteiger partial charge in [-0.2, -0.15) is 0 Å². The van der Waals surface area contributed by atoms with Crippen LogP contribution in [-0.4, -0.2) is 12.6 Å². The number of allylic oxidation sites excluding steroid dienone is 1. The molecule has 0 radical (unpaired) electrons. The maximum absolute atomic E-state index is 11.7. The minimum atomic E-state index is -0.238. The molecule has 2 aromatic rings. The molecule has 0 aliphatic heterocycles. The van der Waals surface area contributed by atoms with Crippen molar-refractivity contribution < 1.29 is 9.53 Å². The number of aryl methyl sites for hydroxylation is 1. The van der Waals surface area contributed by atoms with E-state index >= 15 is 0 Å². The molecule has 0 fully saturated rings. The van der Waals surface area contributed by atoms with Crippen LogP contribution in [0.4, 0.5) is 0 Å². The van der Waals surface area contributed by atoms with Crippen molar-refractivity contribution in [1.29, 1.82) is 0 Å². The Morgan fingerprint density at radius 1 is 1.13 bits per heavy atom. The number of fused-ring (bicyclic) bond motifs is 1. The van der Waals surface area contributed by atoms with E-state index in [0.29, 0.717) is 6.61 Å². The lowest BCUT2D eigenvalue weighted by Crippen LogP contribution is -2.06. The fourth-order valence-electron chi connectivity index (χ4n) is 2.86. The molecule has 118 valence electrons. The standard InChI is InChI=1S/C20H20O2S/c1-2-22-20(21)14-16-8-6-7-15-13-18(11-12-19(15)16)23-17-9-4-3-5-10-17/h3-5,9-14H,2,6-8H2,1H3/b16-14+. The van der Waals surface area contributed by atoms with Gasteiger partial charge in [0.2, 0.25) is 0 Å². The van der Waals surface area contributed by atoms with Crippen LogP contribution in [0, 0.1) is 0 Å². The van der Waals surface area contributed by atoms with Crippen LogP contribution < -0.4 is 0 Å². The molecule has 1 aliphatic carbocycles. The molecule has 0 saturated carbocycles. The molecule has 0 aromatic heterocycles. The number of rotatable bonds is 4. The van der Waals surface area contributed by atoms with Crippen molar-refractivity contribution in [3.05, 3.63) is 65.7 Å². The van der Waals surface area contributed by atoms with Crippen LogP contribution in [0.25, 0.3) is 5.57 Å². The molecule has 1 aliphatic rings. The van der Waals surface area contributed by atoms with E-state index in [0.717, 1.165) is 24.8 Å². The summed E-state index contributed by atoms with van der Waals surface area (Å²) in [5, 5.41) is 0. The summed E-state index contributed by atoms with van der Waals surface area (Å²) in [5.41, 5.74) is 3.62. The molecule has 2 nitrogen and oxygen atoms in total. The van der Waals surface area contributed by atoms with Crippen molar-refractivity contribution in [3.63, 3.8) is 0 Å². The first-order valence-electron chi connectivity index (χ1n) is 8.00. The van der Waals surface area contributed by atoms with E-state index in [9.17, 15) is 4.79 Å². The molecule has 0 unspecified atom stereocenters. The summed E-state index contributed by atoms with van der Waals surface area (Å²) in [5.74, 6) is -0.238. The second-order valence-electron chi connectivity index (χ2n) is 5.51. The molecule has 0 bridgehead atoms. The fourth-order valence-corrected chi connectivity index (χ4v) is 3.76. The van der Waals surface area contributed by atoms with Crippen LogP contribution in [0.2, 0.25) is 0 Å². The normalized spacial score (nSPS) is 15.3. The summed E-state index contributed by atoms with van der Waals surface area (Å²) >= 11 is 1.77. The second-order valence-corrected chi connectivity index (χ2v) is 6.66. The van der Waals surface area contributed by atoms with Gasteiger partial charge in [0.1, 0.15) is 0 Å². The SMILES string of the molecule is CCOC(=O)/C=C1\CCCc2cc(Sc3ccccc3)ccc21. The number of benzene rings is 2. The van der Waals surface area contributed by atoms with Gasteiger partial charge < -0.3 is 4.74 Å². The molecule has 0 N–H and O–H groups in total. The predicted molar refractivity (Wildman–Crippen MR) is 94.6 cm³/mol. The number of hydrogen-bond acceptors (Lipinski definition) is 3. The average molecular weight is 324 g/mol. The largest absolute Gasteiger partial charge is 0.463 e. The molecule has 0 spiro atoms. The Morgan fingerprint density at radius 2 is 1.96 bits per heavy atom. The third-order valence-corrected chi connectivity index (χ3v) is 4.87. The summed E-state index contributed by atoms with van der Waals surface area (Å²) in [4.78, 5) is 14.2. The van der Waals surface area contributed by atoms with E-state index in [2.05, 4.69) is 42.5 Å². The van der Waals surface area contributed by atoms with Gasteiger partial charge in [-0.3, -0.25) is 0 Å². The maximum atomic E-state index is 11.7. The van der Waals surface area contributed by atoms with Crippen LogP contribution in [-0.2, 0) is 16.0 Å². The molecule has 23 heavy (non-hydrogen) atoms. The highest BCUT2D eigenvalue weighted by molar-refractivity contribution is 7.99. The van der Waals surface area contributed by atoms with Crippen molar-refractivity contribution in [2.75, 3.05) is 6.61 Å². The average Bonchev–Trinajstić information content (AvgIpc) is 2.56. The van der Waals surface area contributed by atoms with Gasteiger partial charge in [-0.25, -0.2) is 4.79 Å². The van der Waals surface area contributed by atoms with Gasteiger partial charge in [-0.05, 0) is 67.2 Å². The second kappa shape index (κ2) is 7.51. The zero-order valence-electron chi connectivity index (χ0n) is 13.2. The zero-order valence-corrected chi connectivity index (χ0v) is 14.1. The quantitative estimate of drug-likeness (QED) is 0.577. The van der Waals surface area contributed by atoms with Crippen molar-refractivity contribution in [2.45, 2.75) is 36.0 Å². The lowest BCUT2D eigenvalue weighted by molar-refractivity contribution is -0.137. The topological polar surface area (TPSA) is 26.3 Å².